The first kappa shape index (κ1) is 20.1. The van der Waals surface area contributed by atoms with Crippen molar-refractivity contribution in [2.45, 2.75) is 18.9 Å². The Morgan fingerprint density at radius 2 is 1.70 bits per heavy atom. The van der Waals surface area contributed by atoms with Crippen molar-refractivity contribution in [2.24, 2.45) is 5.73 Å². The molecule has 0 saturated carbocycles. The topological polar surface area (TPSA) is 108 Å². The molecule has 142 valence electrons. The van der Waals surface area contributed by atoms with Gasteiger partial charge in [-0.15, -0.1) is 0 Å². The van der Waals surface area contributed by atoms with Crippen LogP contribution in [0.1, 0.15) is 23.2 Å². The molecule has 1 atom stereocenters. The van der Waals surface area contributed by atoms with Gasteiger partial charge in [0, 0.05) is 17.7 Å². The first-order chi connectivity index (χ1) is 13.0. The molecule has 0 bridgehead atoms. The second kappa shape index (κ2) is 10.1. The van der Waals surface area contributed by atoms with E-state index < -0.39 is 12.0 Å². The zero-order valence-electron chi connectivity index (χ0n) is 15.0. The van der Waals surface area contributed by atoms with Gasteiger partial charge < -0.3 is 20.5 Å². The van der Waals surface area contributed by atoms with E-state index in [2.05, 4.69) is 10.1 Å². The SMILES string of the molecule is COC(=O)C(N)CCC(=O)Nc1ccc(OCC(=O)c2ccccc2)cc1. The highest BCUT2D eigenvalue weighted by Gasteiger charge is 2.15. The van der Waals surface area contributed by atoms with E-state index in [1.54, 1.807) is 48.5 Å². The number of anilines is 1. The van der Waals surface area contributed by atoms with E-state index in [-0.39, 0.29) is 31.1 Å². The molecular weight excluding hydrogens is 348 g/mol. The van der Waals surface area contributed by atoms with Gasteiger partial charge >= 0.3 is 5.97 Å². The van der Waals surface area contributed by atoms with Crippen LogP contribution in [0.25, 0.3) is 0 Å². The van der Waals surface area contributed by atoms with Crippen molar-refractivity contribution in [1.29, 1.82) is 0 Å². The number of nitrogens with one attached hydrogen (secondary N) is 1. The highest BCUT2D eigenvalue weighted by atomic mass is 16.5. The first-order valence-corrected chi connectivity index (χ1v) is 8.44. The smallest absolute Gasteiger partial charge is 0.322 e. The average Bonchev–Trinajstić information content (AvgIpc) is 2.71. The Bertz CT molecular complexity index is 775. The summed E-state index contributed by atoms with van der Waals surface area (Å²) in [4.78, 5) is 35.1. The van der Waals surface area contributed by atoms with Gasteiger partial charge in [-0.3, -0.25) is 14.4 Å². The zero-order valence-corrected chi connectivity index (χ0v) is 15.0. The number of esters is 1. The lowest BCUT2D eigenvalue weighted by Gasteiger charge is -2.10. The Labute approximate surface area is 157 Å². The van der Waals surface area contributed by atoms with Crippen molar-refractivity contribution >= 4 is 23.3 Å². The predicted molar refractivity (Wildman–Crippen MR) is 101 cm³/mol. The standard InChI is InChI=1S/C20H22N2O5/c1-26-20(25)17(21)11-12-19(24)22-15-7-9-16(10-8-15)27-13-18(23)14-5-3-2-4-6-14/h2-10,17H,11-13,21H2,1H3,(H,22,24). The molecule has 0 aliphatic rings. The molecule has 0 aliphatic carbocycles. The minimum Gasteiger partial charge on any atom is -0.485 e. The fourth-order valence-corrected chi connectivity index (χ4v) is 2.27. The van der Waals surface area contributed by atoms with Crippen LogP contribution in [0.3, 0.4) is 0 Å². The number of methoxy groups -OCH3 is 1. The molecule has 0 fully saturated rings. The van der Waals surface area contributed by atoms with E-state index in [1.807, 2.05) is 6.07 Å². The van der Waals surface area contributed by atoms with Crippen LogP contribution >= 0.6 is 0 Å². The van der Waals surface area contributed by atoms with Gasteiger partial charge in [-0.05, 0) is 30.7 Å². The van der Waals surface area contributed by atoms with E-state index in [0.717, 1.165) is 0 Å². The number of ketones is 1. The van der Waals surface area contributed by atoms with Crippen LogP contribution in [0.5, 0.6) is 5.75 Å². The molecule has 0 heterocycles. The van der Waals surface area contributed by atoms with E-state index >= 15 is 0 Å². The fraction of sp³-hybridized carbons (Fsp3) is 0.250. The summed E-state index contributed by atoms with van der Waals surface area (Å²) in [5.41, 5.74) is 6.76. The molecule has 27 heavy (non-hydrogen) atoms. The van der Waals surface area contributed by atoms with Crippen LogP contribution in [0, 0.1) is 0 Å². The molecule has 2 aromatic rings. The molecule has 0 aromatic heterocycles. The van der Waals surface area contributed by atoms with Gasteiger partial charge in [0.25, 0.3) is 0 Å². The molecule has 7 nitrogen and oxygen atoms in total. The molecule has 1 unspecified atom stereocenters. The number of hydrogen-bond donors (Lipinski definition) is 2. The van der Waals surface area contributed by atoms with Crippen molar-refractivity contribution in [3.8, 4) is 5.75 Å². The largest absolute Gasteiger partial charge is 0.485 e. The fourth-order valence-electron chi connectivity index (χ4n) is 2.27. The summed E-state index contributed by atoms with van der Waals surface area (Å²) in [5, 5.41) is 2.70. The van der Waals surface area contributed by atoms with Crippen LogP contribution in [-0.2, 0) is 14.3 Å². The summed E-state index contributed by atoms with van der Waals surface area (Å²) in [6.07, 6.45) is 0.293. The minimum absolute atomic E-state index is 0.0683. The van der Waals surface area contributed by atoms with Crippen LogP contribution in [-0.4, -0.2) is 37.4 Å². The Balaban J connectivity index is 1.78. The summed E-state index contributed by atoms with van der Waals surface area (Å²) in [7, 11) is 1.25. The van der Waals surface area contributed by atoms with Crippen molar-refractivity contribution in [2.75, 3.05) is 19.0 Å². The van der Waals surface area contributed by atoms with E-state index in [4.69, 9.17) is 10.5 Å². The Hall–Kier alpha value is -3.19. The third kappa shape index (κ3) is 6.56. The van der Waals surface area contributed by atoms with Crippen LogP contribution < -0.4 is 15.8 Å². The van der Waals surface area contributed by atoms with Crippen LogP contribution in [0.15, 0.2) is 54.6 Å². The lowest BCUT2D eigenvalue weighted by molar-refractivity contribution is -0.142. The summed E-state index contributed by atoms with van der Waals surface area (Å²) in [5.74, 6) is -0.406. The van der Waals surface area contributed by atoms with E-state index in [9.17, 15) is 14.4 Å². The highest BCUT2D eigenvalue weighted by Crippen LogP contribution is 2.16. The molecule has 7 heteroatoms. The molecule has 1 amide bonds. The van der Waals surface area contributed by atoms with Crippen molar-refractivity contribution < 1.29 is 23.9 Å². The number of rotatable bonds is 9. The lowest BCUT2D eigenvalue weighted by Crippen LogP contribution is -2.32. The lowest BCUT2D eigenvalue weighted by atomic mass is 10.1. The van der Waals surface area contributed by atoms with Crippen LogP contribution in [0.2, 0.25) is 0 Å². The number of Topliss-reactive ketones (excluding diaryl/α,β-unsaturated/α-hetero) is 1. The summed E-state index contributed by atoms with van der Waals surface area (Å²) in [6, 6.07) is 14.7. The maximum Gasteiger partial charge on any atom is 0.322 e. The number of ether oxygens (including phenoxy) is 2. The van der Waals surface area contributed by atoms with Gasteiger partial charge in [-0.1, -0.05) is 30.3 Å². The quantitative estimate of drug-likeness (QED) is 0.517. The maximum absolute atomic E-state index is 12.0. The molecule has 2 aromatic carbocycles. The summed E-state index contributed by atoms with van der Waals surface area (Å²) >= 11 is 0. The van der Waals surface area contributed by atoms with Gasteiger partial charge in [0.2, 0.25) is 5.91 Å². The van der Waals surface area contributed by atoms with Crippen LogP contribution in [0.4, 0.5) is 5.69 Å². The van der Waals surface area contributed by atoms with Crippen molar-refractivity contribution in [3.63, 3.8) is 0 Å². The first-order valence-electron chi connectivity index (χ1n) is 8.44. The number of carbonyl (C=O) groups excluding carboxylic acids is 3. The molecule has 0 radical (unpaired) electrons. The van der Waals surface area contributed by atoms with Gasteiger partial charge in [0.1, 0.15) is 11.8 Å². The van der Waals surface area contributed by atoms with Gasteiger partial charge in [-0.2, -0.15) is 0 Å². The second-order valence-corrected chi connectivity index (χ2v) is 5.82. The number of nitrogens with two attached hydrogens (primary N) is 1. The molecule has 0 saturated heterocycles. The van der Waals surface area contributed by atoms with Crippen molar-refractivity contribution in [3.05, 3.63) is 60.2 Å². The Morgan fingerprint density at radius 1 is 1.04 bits per heavy atom. The molecule has 3 N–H and O–H groups in total. The Kier molecular flexibility index (Phi) is 7.51. The Morgan fingerprint density at radius 3 is 2.33 bits per heavy atom. The highest BCUT2D eigenvalue weighted by molar-refractivity contribution is 5.97. The average molecular weight is 370 g/mol. The summed E-state index contributed by atoms with van der Waals surface area (Å²) in [6.45, 7) is -0.0683. The number of hydrogen-bond acceptors (Lipinski definition) is 6. The molecule has 2 rings (SSSR count). The normalized spacial score (nSPS) is 11.3. The second-order valence-electron chi connectivity index (χ2n) is 5.82. The van der Waals surface area contributed by atoms with Crippen molar-refractivity contribution in [1.82, 2.24) is 0 Å². The predicted octanol–water partition coefficient (Wildman–Crippen LogP) is 2.17. The molecule has 0 spiro atoms. The third-order valence-electron chi connectivity index (χ3n) is 3.79. The molecule has 0 aliphatic heterocycles. The molecular formula is C20H22N2O5. The summed E-state index contributed by atoms with van der Waals surface area (Å²) < 4.78 is 9.98. The number of carbonyl (C=O) groups is 3. The van der Waals surface area contributed by atoms with Gasteiger partial charge in [0.15, 0.2) is 12.4 Å². The van der Waals surface area contributed by atoms with E-state index in [1.165, 1.54) is 7.11 Å². The maximum atomic E-state index is 12.0. The number of amides is 1. The van der Waals surface area contributed by atoms with Gasteiger partial charge in [0.05, 0.1) is 7.11 Å². The van der Waals surface area contributed by atoms with E-state index in [0.29, 0.717) is 17.0 Å². The third-order valence-corrected chi connectivity index (χ3v) is 3.79. The zero-order chi connectivity index (χ0) is 19.6. The monoisotopic (exact) mass is 370 g/mol. The minimum atomic E-state index is -0.821. The van der Waals surface area contributed by atoms with Gasteiger partial charge in [-0.25, -0.2) is 0 Å². The number of benzene rings is 2.